The monoisotopic (exact) mass is 305 g/mol. The summed E-state index contributed by atoms with van der Waals surface area (Å²) in [6, 6.07) is 7.80. The molecule has 1 saturated carbocycles. The van der Waals surface area contributed by atoms with Crippen molar-refractivity contribution >= 4 is 5.91 Å². The number of methoxy groups -OCH3 is 1. The molecule has 122 valence electrons. The van der Waals surface area contributed by atoms with Gasteiger partial charge >= 0.3 is 0 Å². The van der Waals surface area contributed by atoms with Crippen molar-refractivity contribution in [2.75, 3.05) is 20.3 Å². The number of aliphatic hydroxyl groups excluding tert-OH is 1. The fourth-order valence-corrected chi connectivity index (χ4v) is 3.12. The molecule has 1 amide bonds. The lowest BCUT2D eigenvalue weighted by molar-refractivity contribution is -0.121. The van der Waals surface area contributed by atoms with E-state index in [1.54, 1.807) is 7.11 Å². The van der Waals surface area contributed by atoms with E-state index < -0.39 is 0 Å². The molecule has 1 fully saturated rings. The molecule has 1 aliphatic carbocycles. The van der Waals surface area contributed by atoms with Crippen molar-refractivity contribution in [3.63, 3.8) is 0 Å². The maximum atomic E-state index is 12.0. The van der Waals surface area contributed by atoms with E-state index in [1.807, 2.05) is 24.3 Å². The van der Waals surface area contributed by atoms with Crippen LogP contribution in [-0.2, 0) is 11.2 Å². The lowest BCUT2D eigenvalue weighted by Gasteiger charge is -2.35. The predicted molar refractivity (Wildman–Crippen MR) is 86.9 cm³/mol. The van der Waals surface area contributed by atoms with E-state index in [2.05, 4.69) is 5.32 Å². The zero-order valence-electron chi connectivity index (χ0n) is 13.4. The third-order valence-electron chi connectivity index (χ3n) is 4.71. The first-order chi connectivity index (χ1) is 10.7. The second-order valence-electron chi connectivity index (χ2n) is 6.34. The lowest BCUT2D eigenvalue weighted by Crippen LogP contribution is -2.41. The number of aryl methyl sites for hydroxylation is 1. The van der Waals surface area contributed by atoms with E-state index in [4.69, 9.17) is 4.74 Å². The Hall–Kier alpha value is -1.55. The van der Waals surface area contributed by atoms with E-state index in [0.717, 1.165) is 43.4 Å². The SMILES string of the molecule is COc1ccc(CCC(=O)NCC2(CO)CCCCC2)cc1. The van der Waals surface area contributed by atoms with Crippen LogP contribution in [0.4, 0.5) is 0 Å². The summed E-state index contributed by atoms with van der Waals surface area (Å²) in [6.45, 7) is 0.775. The summed E-state index contributed by atoms with van der Waals surface area (Å²) >= 11 is 0. The molecule has 0 saturated heterocycles. The average molecular weight is 305 g/mol. The molecule has 0 aromatic heterocycles. The first kappa shape index (κ1) is 16.8. The summed E-state index contributed by atoms with van der Waals surface area (Å²) in [6.07, 6.45) is 6.79. The van der Waals surface area contributed by atoms with E-state index in [0.29, 0.717) is 13.0 Å². The zero-order chi connectivity index (χ0) is 15.8. The van der Waals surface area contributed by atoms with Gasteiger partial charge in [-0.2, -0.15) is 0 Å². The highest BCUT2D eigenvalue weighted by Crippen LogP contribution is 2.35. The Morgan fingerprint density at radius 2 is 1.91 bits per heavy atom. The van der Waals surface area contributed by atoms with Crippen molar-refractivity contribution in [1.82, 2.24) is 5.32 Å². The minimum atomic E-state index is -0.0893. The summed E-state index contributed by atoms with van der Waals surface area (Å²) in [4.78, 5) is 12.0. The minimum absolute atomic E-state index is 0.0641. The van der Waals surface area contributed by atoms with Crippen LogP contribution in [0.5, 0.6) is 5.75 Å². The molecule has 0 radical (unpaired) electrons. The van der Waals surface area contributed by atoms with Gasteiger partial charge in [0.1, 0.15) is 5.75 Å². The third-order valence-corrected chi connectivity index (χ3v) is 4.71. The maximum absolute atomic E-state index is 12.0. The van der Waals surface area contributed by atoms with Crippen LogP contribution < -0.4 is 10.1 Å². The van der Waals surface area contributed by atoms with Gasteiger partial charge in [-0.05, 0) is 37.0 Å². The number of carbonyl (C=O) groups excluding carboxylic acids is 1. The van der Waals surface area contributed by atoms with Gasteiger partial charge in [-0.15, -0.1) is 0 Å². The molecule has 1 aromatic rings. The van der Waals surface area contributed by atoms with E-state index >= 15 is 0 Å². The molecule has 0 aliphatic heterocycles. The Morgan fingerprint density at radius 3 is 2.50 bits per heavy atom. The van der Waals surface area contributed by atoms with Crippen LogP contribution in [0.2, 0.25) is 0 Å². The molecule has 1 aliphatic rings. The standard InChI is InChI=1S/C18H27NO3/c1-22-16-8-5-15(6-9-16)7-10-17(21)19-13-18(14-20)11-3-2-4-12-18/h5-6,8-9,20H,2-4,7,10-14H2,1H3,(H,19,21). The number of carbonyl (C=O) groups is 1. The van der Waals surface area contributed by atoms with Crippen LogP contribution in [0.15, 0.2) is 24.3 Å². The van der Waals surface area contributed by atoms with Crippen LogP contribution in [0.3, 0.4) is 0 Å². The highest BCUT2D eigenvalue weighted by molar-refractivity contribution is 5.76. The van der Waals surface area contributed by atoms with Gasteiger partial charge in [0, 0.05) is 18.4 Å². The number of aliphatic hydroxyl groups is 1. The minimum Gasteiger partial charge on any atom is -0.497 e. The Morgan fingerprint density at radius 1 is 1.23 bits per heavy atom. The van der Waals surface area contributed by atoms with Crippen molar-refractivity contribution < 1.29 is 14.6 Å². The highest BCUT2D eigenvalue weighted by atomic mass is 16.5. The van der Waals surface area contributed by atoms with Gasteiger partial charge in [-0.1, -0.05) is 31.4 Å². The van der Waals surface area contributed by atoms with Gasteiger partial charge in [0.15, 0.2) is 0 Å². The fourth-order valence-electron chi connectivity index (χ4n) is 3.12. The predicted octanol–water partition coefficient (Wildman–Crippen LogP) is 2.69. The second-order valence-corrected chi connectivity index (χ2v) is 6.34. The molecule has 2 rings (SSSR count). The summed E-state index contributed by atoms with van der Waals surface area (Å²) in [5, 5.41) is 12.7. The number of amides is 1. The molecule has 1 aromatic carbocycles. The number of rotatable bonds is 7. The molecule has 0 atom stereocenters. The van der Waals surface area contributed by atoms with E-state index in [9.17, 15) is 9.90 Å². The number of nitrogens with one attached hydrogen (secondary N) is 1. The van der Waals surface area contributed by atoms with E-state index in [-0.39, 0.29) is 17.9 Å². The van der Waals surface area contributed by atoms with Crippen molar-refractivity contribution in [1.29, 1.82) is 0 Å². The summed E-state index contributed by atoms with van der Waals surface area (Å²) in [5.74, 6) is 0.893. The Balaban J connectivity index is 1.75. The Bertz CT molecular complexity index is 464. The molecule has 0 spiro atoms. The molecule has 4 nitrogen and oxygen atoms in total. The van der Waals surface area contributed by atoms with Crippen LogP contribution in [0.1, 0.15) is 44.1 Å². The molecular weight excluding hydrogens is 278 g/mol. The molecular formula is C18H27NO3. The molecule has 0 unspecified atom stereocenters. The quantitative estimate of drug-likeness (QED) is 0.814. The molecule has 22 heavy (non-hydrogen) atoms. The number of benzene rings is 1. The Kier molecular flexibility index (Phi) is 6.25. The zero-order valence-corrected chi connectivity index (χ0v) is 13.4. The number of ether oxygens (including phenoxy) is 1. The fraction of sp³-hybridized carbons (Fsp3) is 0.611. The molecule has 2 N–H and O–H groups in total. The van der Waals surface area contributed by atoms with Gasteiger partial charge in [-0.3, -0.25) is 4.79 Å². The van der Waals surface area contributed by atoms with Gasteiger partial charge in [0.05, 0.1) is 13.7 Å². The average Bonchev–Trinajstić information content (AvgIpc) is 2.59. The number of hydrogen-bond donors (Lipinski definition) is 2. The smallest absolute Gasteiger partial charge is 0.220 e. The van der Waals surface area contributed by atoms with Crippen molar-refractivity contribution in [2.45, 2.75) is 44.9 Å². The van der Waals surface area contributed by atoms with E-state index in [1.165, 1.54) is 6.42 Å². The lowest BCUT2D eigenvalue weighted by atomic mass is 9.74. The molecule has 0 bridgehead atoms. The van der Waals surface area contributed by atoms with Crippen LogP contribution in [0.25, 0.3) is 0 Å². The van der Waals surface area contributed by atoms with Crippen LogP contribution in [0, 0.1) is 5.41 Å². The normalized spacial score (nSPS) is 17.0. The van der Waals surface area contributed by atoms with Gasteiger partial charge in [-0.25, -0.2) is 0 Å². The first-order valence-electron chi connectivity index (χ1n) is 8.18. The Labute approximate surface area is 132 Å². The van der Waals surface area contributed by atoms with Crippen molar-refractivity contribution in [3.05, 3.63) is 29.8 Å². The van der Waals surface area contributed by atoms with Gasteiger partial charge < -0.3 is 15.2 Å². The topological polar surface area (TPSA) is 58.6 Å². The summed E-state index contributed by atoms with van der Waals surface area (Å²) < 4.78 is 5.12. The summed E-state index contributed by atoms with van der Waals surface area (Å²) in [5.41, 5.74) is 1.04. The second kappa shape index (κ2) is 8.18. The first-order valence-corrected chi connectivity index (χ1v) is 8.18. The molecule has 4 heteroatoms. The number of hydrogen-bond acceptors (Lipinski definition) is 3. The van der Waals surface area contributed by atoms with Crippen molar-refractivity contribution in [3.8, 4) is 5.75 Å². The summed E-state index contributed by atoms with van der Waals surface area (Å²) in [7, 11) is 1.64. The third kappa shape index (κ3) is 4.73. The maximum Gasteiger partial charge on any atom is 0.220 e. The van der Waals surface area contributed by atoms with Crippen molar-refractivity contribution in [2.24, 2.45) is 5.41 Å². The van der Waals surface area contributed by atoms with Crippen LogP contribution >= 0.6 is 0 Å². The van der Waals surface area contributed by atoms with Crippen LogP contribution in [-0.4, -0.2) is 31.3 Å². The van der Waals surface area contributed by atoms with Gasteiger partial charge in [0.25, 0.3) is 0 Å². The largest absolute Gasteiger partial charge is 0.497 e. The van der Waals surface area contributed by atoms with Gasteiger partial charge in [0.2, 0.25) is 5.91 Å². The highest BCUT2D eigenvalue weighted by Gasteiger charge is 2.31. The molecule has 0 heterocycles.